The lowest BCUT2D eigenvalue weighted by atomic mass is 10.1. The molecule has 0 fully saturated rings. The fraction of sp³-hybridized carbons (Fsp3) is 0.214. The first-order chi connectivity index (χ1) is 9.86. The van der Waals surface area contributed by atoms with E-state index in [-0.39, 0.29) is 17.7 Å². The number of carbonyl (C=O) groups excluding carboxylic acids is 2. The summed E-state index contributed by atoms with van der Waals surface area (Å²) in [5.74, 6) is -1.33. The Labute approximate surface area is 131 Å². The molecule has 1 aromatic carbocycles. The van der Waals surface area contributed by atoms with E-state index in [2.05, 4.69) is 0 Å². The zero-order valence-corrected chi connectivity index (χ0v) is 12.7. The number of allylic oxidation sites excluding steroid dienone is 1. The quantitative estimate of drug-likeness (QED) is 0.509. The van der Waals surface area contributed by atoms with E-state index in [0.717, 1.165) is 0 Å². The van der Waals surface area contributed by atoms with Crippen LogP contribution < -0.4 is 5.73 Å². The predicted molar refractivity (Wildman–Crippen MR) is 78.6 cm³/mol. The van der Waals surface area contributed by atoms with E-state index in [0.29, 0.717) is 15.6 Å². The molecule has 1 rings (SSSR count). The topological polar surface area (TPSA) is 93.2 Å². The molecule has 7 heteroatoms. The van der Waals surface area contributed by atoms with Crippen LogP contribution in [0.25, 0.3) is 0 Å². The summed E-state index contributed by atoms with van der Waals surface area (Å²) in [4.78, 5) is 23.3. The highest BCUT2D eigenvalue weighted by Crippen LogP contribution is 2.24. The van der Waals surface area contributed by atoms with Gasteiger partial charge in [-0.2, -0.15) is 5.26 Å². The van der Waals surface area contributed by atoms with Crippen molar-refractivity contribution in [3.05, 3.63) is 45.1 Å². The summed E-state index contributed by atoms with van der Waals surface area (Å²) in [6, 6.07) is 6.50. The molecule has 0 aliphatic rings. The summed E-state index contributed by atoms with van der Waals surface area (Å²) in [5.41, 5.74) is 5.65. The summed E-state index contributed by atoms with van der Waals surface area (Å²) >= 11 is 11.8. The average Bonchev–Trinajstić information content (AvgIpc) is 2.41. The standard InChI is InChI=1S/C14H12Cl2N2O3/c1-8(18)10(6-17)13(19)7-21-14(20)5-9-11(15)3-2-4-12(9)16/h2-4H,5,7,18H2,1H3. The summed E-state index contributed by atoms with van der Waals surface area (Å²) in [7, 11) is 0. The third-order valence-corrected chi connectivity index (χ3v) is 3.24. The third kappa shape index (κ3) is 4.78. The molecular formula is C14H12Cl2N2O3. The number of ether oxygens (including phenoxy) is 1. The van der Waals surface area contributed by atoms with Gasteiger partial charge in [0.15, 0.2) is 6.61 Å². The van der Waals surface area contributed by atoms with E-state index in [1.165, 1.54) is 6.92 Å². The molecule has 0 saturated carbocycles. The van der Waals surface area contributed by atoms with Crippen LogP contribution in [0.3, 0.4) is 0 Å². The van der Waals surface area contributed by atoms with Gasteiger partial charge >= 0.3 is 5.97 Å². The number of halogens is 2. The lowest BCUT2D eigenvalue weighted by Gasteiger charge is -2.07. The van der Waals surface area contributed by atoms with Crippen molar-refractivity contribution in [2.24, 2.45) is 5.73 Å². The summed E-state index contributed by atoms with van der Waals surface area (Å²) in [6.07, 6.45) is -0.168. The molecule has 0 aromatic heterocycles. The Morgan fingerprint density at radius 3 is 2.38 bits per heavy atom. The van der Waals surface area contributed by atoms with Gasteiger partial charge in [-0.15, -0.1) is 0 Å². The Bertz CT molecular complexity index is 624. The zero-order chi connectivity index (χ0) is 16.0. The van der Waals surface area contributed by atoms with Gasteiger partial charge in [-0.3, -0.25) is 9.59 Å². The molecule has 2 N–H and O–H groups in total. The Hall–Kier alpha value is -2.03. The molecule has 0 spiro atoms. The van der Waals surface area contributed by atoms with Gasteiger partial charge in [0.25, 0.3) is 0 Å². The maximum atomic E-state index is 11.7. The minimum absolute atomic E-state index is 0.0766. The second-order valence-electron chi connectivity index (χ2n) is 4.13. The summed E-state index contributed by atoms with van der Waals surface area (Å²) < 4.78 is 4.80. The van der Waals surface area contributed by atoms with Crippen LogP contribution >= 0.6 is 23.2 Å². The SMILES string of the molecule is CC(N)=C(C#N)C(=O)COC(=O)Cc1c(Cl)cccc1Cl. The smallest absolute Gasteiger partial charge is 0.310 e. The molecule has 1 aromatic rings. The van der Waals surface area contributed by atoms with Gasteiger partial charge in [0.05, 0.1) is 6.42 Å². The number of esters is 1. The van der Waals surface area contributed by atoms with E-state index >= 15 is 0 Å². The molecule has 0 saturated heterocycles. The maximum Gasteiger partial charge on any atom is 0.310 e. The van der Waals surface area contributed by atoms with E-state index in [1.54, 1.807) is 24.3 Å². The number of nitrogens with two attached hydrogens (primary N) is 1. The molecule has 0 aliphatic carbocycles. The zero-order valence-electron chi connectivity index (χ0n) is 11.2. The van der Waals surface area contributed by atoms with E-state index in [4.69, 9.17) is 38.9 Å². The molecule has 0 amide bonds. The van der Waals surface area contributed by atoms with Gasteiger partial charge in [-0.05, 0) is 19.1 Å². The van der Waals surface area contributed by atoms with E-state index in [1.807, 2.05) is 0 Å². The van der Waals surface area contributed by atoms with Crippen molar-refractivity contribution in [3.63, 3.8) is 0 Å². The fourth-order valence-electron chi connectivity index (χ4n) is 1.49. The van der Waals surface area contributed by atoms with Gasteiger partial charge in [-0.1, -0.05) is 29.3 Å². The van der Waals surface area contributed by atoms with Crippen LogP contribution in [0.4, 0.5) is 0 Å². The van der Waals surface area contributed by atoms with Gasteiger partial charge in [-0.25, -0.2) is 0 Å². The second kappa shape index (κ2) is 7.67. The molecule has 0 unspecified atom stereocenters. The summed E-state index contributed by atoms with van der Waals surface area (Å²) in [5, 5.41) is 9.42. The second-order valence-corrected chi connectivity index (χ2v) is 4.95. The Kier molecular flexibility index (Phi) is 6.22. The van der Waals surface area contributed by atoms with Crippen molar-refractivity contribution in [2.75, 3.05) is 6.61 Å². The van der Waals surface area contributed by atoms with Crippen molar-refractivity contribution in [1.82, 2.24) is 0 Å². The largest absolute Gasteiger partial charge is 0.457 e. The van der Waals surface area contributed by atoms with Gasteiger partial charge in [0.2, 0.25) is 5.78 Å². The van der Waals surface area contributed by atoms with Gasteiger partial charge < -0.3 is 10.5 Å². The molecule has 110 valence electrons. The van der Waals surface area contributed by atoms with Crippen LogP contribution in [0, 0.1) is 11.3 Å². The molecule has 5 nitrogen and oxygen atoms in total. The van der Waals surface area contributed by atoms with Crippen LogP contribution in [0.2, 0.25) is 10.0 Å². The molecule has 0 heterocycles. The maximum absolute atomic E-state index is 11.7. The minimum atomic E-state index is -0.676. The van der Waals surface area contributed by atoms with E-state index < -0.39 is 18.4 Å². The Morgan fingerprint density at radius 2 is 1.90 bits per heavy atom. The summed E-state index contributed by atoms with van der Waals surface area (Å²) in [6.45, 7) is 0.861. The highest BCUT2D eigenvalue weighted by Gasteiger charge is 2.16. The molecular weight excluding hydrogens is 315 g/mol. The lowest BCUT2D eigenvalue weighted by Crippen LogP contribution is -2.18. The number of benzene rings is 1. The number of nitrogens with zero attached hydrogens (tertiary/aromatic N) is 1. The molecule has 0 aliphatic heterocycles. The van der Waals surface area contributed by atoms with Crippen LogP contribution in [0.15, 0.2) is 29.5 Å². The third-order valence-electron chi connectivity index (χ3n) is 2.53. The van der Waals surface area contributed by atoms with Crippen LogP contribution in [-0.4, -0.2) is 18.4 Å². The van der Waals surface area contributed by atoms with Crippen molar-refractivity contribution >= 4 is 35.0 Å². The van der Waals surface area contributed by atoms with Crippen molar-refractivity contribution in [1.29, 1.82) is 5.26 Å². The van der Waals surface area contributed by atoms with Gasteiger partial charge in [0, 0.05) is 21.3 Å². The highest BCUT2D eigenvalue weighted by molar-refractivity contribution is 6.36. The van der Waals surface area contributed by atoms with Crippen LogP contribution in [-0.2, 0) is 20.7 Å². The number of carbonyl (C=O) groups is 2. The molecule has 21 heavy (non-hydrogen) atoms. The first-order valence-electron chi connectivity index (χ1n) is 5.85. The number of nitriles is 1. The van der Waals surface area contributed by atoms with Crippen molar-refractivity contribution in [3.8, 4) is 6.07 Å². The van der Waals surface area contributed by atoms with Crippen LogP contribution in [0.1, 0.15) is 12.5 Å². The molecule has 0 radical (unpaired) electrons. The van der Waals surface area contributed by atoms with Crippen molar-refractivity contribution < 1.29 is 14.3 Å². The Morgan fingerprint density at radius 1 is 1.33 bits per heavy atom. The number of hydrogen-bond donors (Lipinski definition) is 1. The average molecular weight is 327 g/mol. The first kappa shape index (κ1) is 17.0. The normalized spacial score (nSPS) is 11.3. The number of rotatable bonds is 5. The van der Waals surface area contributed by atoms with E-state index in [9.17, 15) is 9.59 Å². The highest BCUT2D eigenvalue weighted by atomic mass is 35.5. The molecule has 0 atom stereocenters. The predicted octanol–water partition coefficient (Wildman–Crippen LogP) is 2.40. The fourth-order valence-corrected chi connectivity index (χ4v) is 2.02. The number of ketones is 1. The minimum Gasteiger partial charge on any atom is -0.457 e. The monoisotopic (exact) mass is 326 g/mol. The number of hydrogen-bond acceptors (Lipinski definition) is 5. The van der Waals surface area contributed by atoms with Crippen molar-refractivity contribution in [2.45, 2.75) is 13.3 Å². The number of Topliss-reactive ketones (excluding diaryl/α,β-unsaturated/α-hetero) is 1. The first-order valence-corrected chi connectivity index (χ1v) is 6.60. The lowest BCUT2D eigenvalue weighted by molar-refractivity contribution is -0.146. The Balaban J connectivity index is 2.66. The van der Waals surface area contributed by atoms with Gasteiger partial charge in [0.1, 0.15) is 11.6 Å². The van der Waals surface area contributed by atoms with Crippen LogP contribution in [0.5, 0.6) is 0 Å². The molecule has 0 bridgehead atoms.